The number of hydrogen-bond donors (Lipinski definition) is 5. The molecule has 0 fully saturated rings. The van der Waals surface area contributed by atoms with Crippen molar-refractivity contribution in [1.29, 1.82) is 0 Å². The SMILES string of the molecule is NC(=O)Nc1ccc(C(=O)N[C@H](CCO)C(=O)O)cc1. The number of carboxylic acids is 1. The van der Waals surface area contributed by atoms with Crippen LogP contribution in [0.3, 0.4) is 0 Å². The van der Waals surface area contributed by atoms with Crippen LogP contribution in [0, 0.1) is 0 Å². The minimum atomic E-state index is -1.22. The van der Waals surface area contributed by atoms with Crippen LogP contribution in [0.1, 0.15) is 16.8 Å². The lowest BCUT2D eigenvalue weighted by Gasteiger charge is -2.13. The molecule has 0 aliphatic carbocycles. The first-order valence-corrected chi connectivity index (χ1v) is 5.75. The van der Waals surface area contributed by atoms with Gasteiger partial charge in [0.2, 0.25) is 0 Å². The van der Waals surface area contributed by atoms with Gasteiger partial charge in [0.1, 0.15) is 6.04 Å². The summed E-state index contributed by atoms with van der Waals surface area (Å²) in [6.45, 7) is -0.348. The number of nitrogens with two attached hydrogens (primary N) is 1. The highest BCUT2D eigenvalue weighted by molar-refractivity contribution is 5.97. The summed E-state index contributed by atoms with van der Waals surface area (Å²) >= 11 is 0. The number of carboxylic acid groups (broad SMARTS) is 1. The minimum Gasteiger partial charge on any atom is -0.480 e. The molecule has 1 aromatic carbocycles. The van der Waals surface area contributed by atoms with Crippen LogP contribution in [0.2, 0.25) is 0 Å². The fourth-order valence-corrected chi connectivity index (χ4v) is 1.48. The minimum absolute atomic E-state index is 0.0810. The van der Waals surface area contributed by atoms with Crippen molar-refractivity contribution in [3.05, 3.63) is 29.8 Å². The van der Waals surface area contributed by atoms with Crippen molar-refractivity contribution in [3.8, 4) is 0 Å². The van der Waals surface area contributed by atoms with E-state index in [2.05, 4.69) is 10.6 Å². The molecule has 0 radical (unpaired) electrons. The molecule has 0 saturated carbocycles. The molecule has 20 heavy (non-hydrogen) atoms. The summed E-state index contributed by atoms with van der Waals surface area (Å²) < 4.78 is 0. The Morgan fingerprint density at radius 2 is 1.80 bits per heavy atom. The van der Waals surface area contributed by atoms with Gasteiger partial charge in [-0.3, -0.25) is 4.79 Å². The van der Waals surface area contributed by atoms with E-state index in [1.807, 2.05) is 0 Å². The summed E-state index contributed by atoms with van der Waals surface area (Å²) in [6, 6.07) is 3.87. The van der Waals surface area contributed by atoms with Gasteiger partial charge >= 0.3 is 12.0 Å². The quantitative estimate of drug-likeness (QED) is 0.488. The van der Waals surface area contributed by atoms with Crippen LogP contribution >= 0.6 is 0 Å². The highest BCUT2D eigenvalue weighted by atomic mass is 16.4. The molecule has 8 heteroatoms. The maximum Gasteiger partial charge on any atom is 0.326 e. The van der Waals surface area contributed by atoms with Crippen molar-refractivity contribution < 1.29 is 24.6 Å². The molecule has 6 N–H and O–H groups in total. The van der Waals surface area contributed by atoms with Crippen molar-refractivity contribution in [2.75, 3.05) is 11.9 Å². The normalized spacial score (nSPS) is 11.4. The van der Waals surface area contributed by atoms with E-state index in [4.69, 9.17) is 15.9 Å². The molecule has 0 heterocycles. The molecule has 0 aliphatic rings. The maximum absolute atomic E-state index is 11.8. The van der Waals surface area contributed by atoms with Gasteiger partial charge in [0, 0.05) is 24.3 Å². The zero-order valence-electron chi connectivity index (χ0n) is 10.5. The first-order chi connectivity index (χ1) is 9.43. The highest BCUT2D eigenvalue weighted by Crippen LogP contribution is 2.09. The standard InChI is InChI=1S/C12H15N3O5/c13-12(20)14-8-3-1-7(2-4-8)10(17)15-9(5-6-16)11(18)19/h1-4,9,16H,5-6H2,(H,15,17)(H,18,19)(H3,13,14,20)/t9-/m1/s1. The van der Waals surface area contributed by atoms with Crippen LogP contribution in [-0.2, 0) is 4.79 Å². The van der Waals surface area contributed by atoms with Gasteiger partial charge in [-0.1, -0.05) is 0 Å². The Morgan fingerprint density at radius 1 is 1.20 bits per heavy atom. The summed E-state index contributed by atoms with van der Waals surface area (Å²) in [5.41, 5.74) is 5.58. The van der Waals surface area contributed by atoms with E-state index in [1.54, 1.807) is 0 Å². The number of aliphatic hydroxyl groups excluding tert-OH is 1. The van der Waals surface area contributed by atoms with Crippen molar-refractivity contribution in [2.24, 2.45) is 5.73 Å². The molecule has 108 valence electrons. The molecule has 0 saturated heterocycles. The lowest BCUT2D eigenvalue weighted by atomic mass is 10.1. The molecule has 3 amide bonds. The lowest BCUT2D eigenvalue weighted by molar-refractivity contribution is -0.139. The predicted molar refractivity (Wildman–Crippen MR) is 70.2 cm³/mol. The second kappa shape index (κ2) is 7.10. The third-order valence-electron chi connectivity index (χ3n) is 2.44. The number of amides is 3. The van der Waals surface area contributed by atoms with Crippen LogP contribution < -0.4 is 16.4 Å². The Hall–Kier alpha value is -2.61. The van der Waals surface area contributed by atoms with Crippen LogP contribution in [0.15, 0.2) is 24.3 Å². The first kappa shape index (κ1) is 15.4. The summed E-state index contributed by atoms with van der Waals surface area (Å²) in [4.78, 5) is 33.3. The number of carbonyl (C=O) groups is 3. The third-order valence-corrected chi connectivity index (χ3v) is 2.44. The van der Waals surface area contributed by atoms with Gasteiger partial charge in [0.15, 0.2) is 0 Å². The summed E-state index contributed by atoms with van der Waals surface area (Å²) in [5.74, 6) is -1.81. The largest absolute Gasteiger partial charge is 0.480 e. The zero-order chi connectivity index (χ0) is 15.1. The zero-order valence-corrected chi connectivity index (χ0v) is 10.5. The molecule has 0 aliphatic heterocycles. The summed E-state index contributed by atoms with van der Waals surface area (Å²) in [7, 11) is 0. The van der Waals surface area contributed by atoms with Gasteiger partial charge < -0.3 is 26.6 Å². The summed E-state index contributed by atoms with van der Waals surface area (Å²) in [5, 5.41) is 22.2. The van der Waals surface area contributed by atoms with Gasteiger partial charge in [-0.25, -0.2) is 9.59 Å². The lowest BCUT2D eigenvalue weighted by Crippen LogP contribution is -2.41. The number of aliphatic hydroxyl groups is 1. The Bertz CT molecular complexity index is 500. The van der Waals surface area contributed by atoms with Crippen LogP contribution in [-0.4, -0.2) is 40.8 Å². The molecule has 0 bridgehead atoms. The predicted octanol–water partition coefficient (Wildman–Crippen LogP) is -0.257. The van der Waals surface area contributed by atoms with Crippen molar-refractivity contribution in [1.82, 2.24) is 5.32 Å². The van der Waals surface area contributed by atoms with Gasteiger partial charge in [-0.15, -0.1) is 0 Å². The average molecular weight is 281 g/mol. The maximum atomic E-state index is 11.8. The molecule has 0 unspecified atom stereocenters. The average Bonchev–Trinajstić information content (AvgIpc) is 2.38. The Labute approximate surface area is 114 Å². The monoisotopic (exact) mass is 281 g/mol. The van der Waals surface area contributed by atoms with Crippen LogP contribution in [0.5, 0.6) is 0 Å². The Balaban J connectivity index is 2.71. The first-order valence-electron chi connectivity index (χ1n) is 5.75. The molecular formula is C12H15N3O5. The van der Waals surface area contributed by atoms with E-state index in [0.29, 0.717) is 5.69 Å². The van der Waals surface area contributed by atoms with Crippen molar-refractivity contribution in [2.45, 2.75) is 12.5 Å². The fraction of sp³-hybridized carbons (Fsp3) is 0.250. The van der Waals surface area contributed by atoms with Gasteiger partial charge in [-0.2, -0.15) is 0 Å². The number of urea groups is 1. The molecule has 8 nitrogen and oxygen atoms in total. The molecular weight excluding hydrogens is 266 g/mol. The van der Waals surface area contributed by atoms with Crippen LogP contribution in [0.4, 0.5) is 10.5 Å². The second-order valence-electron chi connectivity index (χ2n) is 3.94. The van der Waals surface area contributed by atoms with Crippen molar-refractivity contribution >= 4 is 23.6 Å². The molecule has 0 aromatic heterocycles. The van der Waals surface area contributed by atoms with Crippen LogP contribution in [0.25, 0.3) is 0 Å². The number of aliphatic carboxylic acids is 1. The van der Waals surface area contributed by atoms with E-state index in [-0.39, 0.29) is 18.6 Å². The Kier molecular flexibility index (Phi) is 5.48. The Morgan fingerprint density at radius 3 is 2.25 bits per heavy atom. The van der Waals surface area contributed by atoms with E-state index in [9.17, 15) is 14.4 Å². The van der Waals surface area contributed by atoms with Gasteiger partial charge in [0.25, 0.3) is 5.91 Å². The fourth-order valence-electron chi connectivity index (χ4n) is 1.48. The van der Waals surface area contributed by atoms with E-state index in [0.717, 1.165) is 0 Å². The number of primary amides is 1. The molecule has 0 spiro atoms. The topological polar surface area (TPSA) is 142 Å². The molecule has 1 rings (SSSR count). The number of rotatable bonds is 6. The van der Waals surface area contributed by atoms with E-state index >= 15 is 0 Å². The van der Waals surface area contributed by atoms with Gasteiger partial charge in [0.05, 0.1) is 0 Å². The van der Waals surface area contributed by atoms with Crippen molar-refractivity contribution in [3.63, 3.8) is 0 Å². The van der Waals surface area contributed by atoms with E-state index < -0.39 is 23.9 Å². The molecule has 1 aromatic rings. The summed E-state index contributed by atoms with van der Waals surface area (Å²) in [6.07, 6.45) is -0.0810. The number of nitrogens with one attached hydrogen (secondary N) is 2. The van der Waals surface area contributed by atoms with E-state index in [1.165, 1.54) is 24.3 Å². The number of anilines is 1. The smallest absolute Gasteiger partial charge is 0.326 e. The van der Waals surface area contributed by atoms with Gasteiger partial charge in [-0.05, 0) is 24.3 Å². The highest BCUT2D eigenvalue weighted by Gasteiger charge is 2.19. The third kappa shape index (κ3) is 4.58. The number of carbonyl (C=O) groups excluding carboxylic acids is 2. The second-order valence-corrected chi connectivity index (χ2v) is 3.94. The number of hydrogen-bond acceptors (Lipinski definition) is 4. The number of benzene rings is 1. The molecule has 1 atom stereocenters.